The zero-order valence-electron chi connectivity index (χ0n) is 23.8. The van der Waals surface area contributed by atoms with Crippen LogP contribution in [0.25, 0.3) is 0 Å². The molecule has 4 atom stereocenters. The monoisotopic (exact) mass is 516 g/mol. The summed E-state index contributed by atoms with van der Waals surface area (Å²) in [5.41, 5.74) is -3.62. The Morgan fingerprint density at radius 2 is 1.06 bits per heavy atom. The molecule has 0 unspecified atom stereocenters. The van der Waals surface area contributed by atoms with Crippen molar-refractivity contribution in [3.63, 3.8) is 0 Å². The Morgan fingerprint density at radius 3 is 1.47 bits per heavy atom. The van der Waals surface area contributed by atoms with Gasteiger partial charge < -0.3 is 28.8 Å². The van der Waals surface area contributed by atoms with Gasteiger partial charge in [0.1, 0.15) is 19.3 Å². The van der Waals surface area contributed by atoms with Crippen LogP contribution in [0, 0.1) is 21.7 Å². The van der Waals surface area contributed by atoms with Gasteiger partial charge in [0.05, 0.1) is 21.7 Å². The van der Waals surface area contributed by atoms with Crippen LogP contribution in [0.4, 0.5) is 0 Å². The summed E-state index contributed by atoms with van der Waals surface area (Å²) in [5.74, 6) is -4.92. The third-order valence-electron chi connectivity index (χ3n) is 5.18. The highest BCUT2D eigenvalue weighted by molar-refractivity contribution is 5.77. The normalized spacial score (nSPS) is 25.2. The molecule has 0 aromatic carbocycles. The van der Waals surface area contributed by atoms with Crippen LogP contribution in [0.15, 0.2) is 0 Å². The van der Waals surface area contributed by atoms with Crippen molar-refractivity contribution in [2.75, 3.05) is 13.2 Å². The van der Waals surface area contributed by atoms with E-state index in [9.17, 15) is 24.3 Å². The van der Waals surface area contributed by atoms with Crippen LogP contribution in [0.5, 0.6) is 0 Å². The zero-order valence-corrected chi connectivity index (χ0v) is 23.8. The Kier molecular flexibility index (Phi) is 9.42. The van der Waals surface area contributed by atoms with Crippen LogP contribution in [0.2, 0.25) is 0 Å². The first kappa shape index (κ1) is 31.8. The predicted octanol–water partition coefficient (Wildman–Crippen LogP) is 3.17. The van der Waals surface area contributed by atoms with Crippen LogP contribution in [-0.4, -0.2) is 66.3 Å². The standard InChI is InChI=1S/C26H44O10/c1-22(2,3)18(27)32-13-15-16(34-20(29)24(7,8)9)17(35-21(30)25(10,11)12)26(31,36-15)14-33-19(28)23(4,5)6/h15-17,31H,13-14H2,1-12H3/t15-,16-,17+,26-/m1/s1. The fourth-order valence-electron chi connectivity index (χ4n) is 2.74. The molecule has 1 saturated heterocycles. The summed E-state index contributed by atoms with van der Waals surface area (Å²) in [6.45, 7) is 18.5. The van der Waals surface area contributed by atoms with E-state index in [0.29, 0.717) is 0 Å². The van der Waals surface area contributed by atoms with Gasteiger partial charge in [-0.05, 0) is 83.1 Å². The zero-order chi connectivity index (χ0) is 28.5. The summed E-state index contributed by atoms with van der Waals surface area (Å²) in [5, 5.41) is 11.5. The van der Waals surface area contributed by atoms with Crippen molar-refractivity contribution in [1.29, 1.82) is 0 Å². The van der Waals surface area contributed by atoms with Crippen molar-refractivity contribution < 1.29 is 48.0 Å². The van der Waals surface area contributed by atoms with Gasteiger partial charge in [0.25, 0.3) is 0 Å². The first-order chi connectivity index (χ1) is 15.9. The van der Waals surface area contributed by atoms with Crippen molar-refractivity contribution in [1.82, 2.24) is 0 Å². The van der Waals surface area contributed by atoms with Crippen LogP contribution in [0.3, 0.4) is 0 Å². The van der Waals surface area contributed by atoms with Gasteiger partial charge in [0, 0.05) is 0 Å². The number of carbonyl (C=O) groups excluding carboxylic acids is 4. The molecule has 0 aliphatic carbocycles. The topological polar surface area (TPSA) is 135 Å². The molecule has 0 amide bonds. The summed E-state index contributed by atoms with van der Waals surface area (Å²) < 4.78 is 27.7. The molecule has 10 heteroatoms. The summed E-state index contributed by atoms with van der Waals surface area (Å²) in [6, 6.07) is 0. The van der Waals surface area contributed by atoms with E-state index in [1.165, 1.54) is 0 Å². The Balaban J connectivity index is 3.43. The number of esters is 4. The molecule has 1 fully saturated rings. The minimum Gasteiger partial charge on any atom is -0.462 e. The molecule has 0 aromatic rings. The molecule has 1 rings (SSSR count). The van der Waals surface area contributed by atoms with Crippen LogP contribution < -0.4 is 0 Å². The third-order valence-corrected chi connectivity index (χ3v) is 5.18. The number of rotatable bonds is 6. The van der Waals surface area contributed by atoms with Crippen LogP contribution >= 0.6 is 0 Å². The van der Waals surface area contributed by atoms with E-state index in [1.807, 2.05) is 0 Å². The van der Waals surface area contributed by atoms with Gasteiger partial charge in [0.15, 0.2) is 12.2 Å². The minimum absolute atomic E-state index is 0.405. The second-order valence-corrected chi connectivity index (χ2v) is 13.4. The van der Waals surface area contributed by atoms with Gasteiger partial charge in [-0.1, -0.05) is 0 Å². The van der Waals surface area contributed by atoms with E-state index >= 15 is 0 Å². The molecule has 208 valence electrons. The number of aliphatic hydroxyl groups is 1. The first-order valence-electron chi connectivity index (χ1n) is 12.1. The number of hydrogen-bond donors (Lipinski definition) is 1. The number of carbonyl (C=O) groups is 4. The summed E-state index contributed by atoms with van der Waals surface area (Å²) in [6.07, 6.45) is -4.13. The fourth-order valence-corrected chi connectivity index (χ4v) is 2.74. The van der Waals surface area contributed by atoms with Gasteiger partial charge in [-0.25, -0.2) is 0 Å². The molecule has 0 spiro atoms. The second-order valence-electron chi connectivity index (χ2n) is 13.4. The highest BCUT2D eigenvalue weighted by atomic mass is 16.7. The van der Waals surface area contributed by atoms with Crippen molar-refractivity contribution in [3.8, 4) is 0 Å². The summed E-state index contributed by atoms with van der Waals surface area (Å²) >= 11 is 0. The average Bonchev–Trinajstić information content (AvgIpc) is 2.92. The van der Waals surface area contributed by atoms with Crippen LogP contribution in [0.1, 0.15) is 83.1 Å². The third kappa shape index (κ3) is 8.44. The molecule has 1 aliphatic rings. The Hall–Kier alpha value is -2.20. The molecule has 0 saturated carbocycles. The molecule has 1 N–H and O–H groups in total. The maximum absolute atomic E-state index is 12.8. The van der Waals surface area contributed by atoms with Crippen LogP contribution in [-0.2, 0) is 42.9 Å². The quantitative estimate of drug-likeness (QED) is 0.414. The highest BCUT2D eigenvalue weighted by Gasteiger charge is 2.61. The average molecular weight is 517 g/mol. The Morgan fingerprint density at radius 1 is 0.667 bits per heavy atom. The SMILES string of the molecule is CC(C)(C)C(=O)OC[C@H]1O[C@](O)(COC(=O)C(C)(C)C)[C@@H](OC(=O)C(C)(C)C)[C@@H]1OC(=O)C(C)(C)C. The lowest BCUT2D eigenvalue weighted by Gasteiger charge is -2.32. The largest absolute Gasteiger partial charge is 0.462 e. The van der Waals surface area contributed by atoms with Crippen molar-refractivity contribution in [3.05, 3.63) is 0 Å². The van der Waals surface area contributed by atoms with Gasteiger partial charge >= 0.3 is 23.9 Å². The lowest BCUT2D eigenvalue weighted by molar-refractivity contribution is -0.261. The van der Waals surface area contributed by atoms with Crippen molar-refractivity contribution >= 4 is 23.9 Å². The van der Waals surface area contributed by atoms with Crippen molar-refractivity contribution in [2.24, 2.45) is 21.7 Å². The minimum atomic E-state index is -2.37. The van der Waals surface area contributed by atoms with E-state index < -0.39 is 82.8 Å². The lowest BCUT2D eigenvalue weighted by atomic mass is 9.95. The lowest BCUT2D eigenvalue weighted by Crippen LogP contribution is -2.52. The van der Waals surface area contributed by atoms with Gasteiger partial charge in [-0.3, -0.25) is 19.2 Å². The molecule has 0 radical (unpaired) electrons. The molecular weight excluding hydrogens is 472 g/mol. The number of hydrogen-bond acceptors (Lipinski definition) is 10. The summed E-state index contributed by atoms with van der Waals surface area (Å²) in [7, 11) is 0. The van der Waals surface area contributed by atoms with Gasteiger partial charge in [0.2, 0.25) is 5.79 Å². The van der Waals surface area contributed by atoms with E-state index in [4.69, 9.17) is 23.7 Å². The summed E-state index contributed by atoms with van der Waals surface area (Å²) in [4.78, 5) is 50.4. The predicted molar refractivity (Wildman–Crippen MR) is 129 cm³/mol. The van der Waals surface area contributed by atoms with Crippen molar-refractivity contribution in [2.45, 2.75) is 107 Å². The van der Waals surface area contributed by atoms with E-state index in [1.54, 1.807) is 83.1 Å². The highest BCUT2D eigenvalue weighted by Crippen LogP contribution is 2.37. The maximum atomic E-state index is 12.8. The second kappa shape index (κ2) is 10.7. The molecule has 0 aromatic heterocycles. The molecular formula is C26H44O10. The van der Waals surface area contributed by atoms with E-state index in [2.05, 4.69) is 0 Å². The van der Waals surface area contributed by atoms with Gasteiger partial charge in [-0.15, -0.1) is 0 Å². The molecule has 36 heavy (non-hydrogen) atoms. The fraction of sp³-hybridized carbons (Fsp3) is 0.846. The van der Waals surface area contributed by atoms with Gasteiger partial charge in [-0.2, -0.15) is 0 Å². The van der Waals surface area contributed by atoms with E-state index in [-0.39, 0.29) is 0 Å². The first-order valence-corrected chi connectivity index (χ1v) is 12.1. The van der Waals surface area contributed by atoms with E-state index in [0.717, 1.165) is 0 Å². The maximum Gasteiger partial charge on any atom is 0.311 e. The molecule has 1 aliphatic heterocycles. The molecule has 1 heterocycles. The molecule has 10 nitrogen and oxygen atoms in total. The Bertz CT molecular complexity index is 835. The Labute approximate surface area is 214 Å². The molecule has 0 bridgehead atoms. The number of ether oxygens (including phenoxy) is 5. The smallest absolute Gasteiger partial charge is 0.311 e.